The lowest BCUT2D eigenvalue weighted by atomic mass is 9.80. The molecule has 5 rings (SSSR count). The van der Waals surface area contributed by atoms with Gasteiger partial charge in [-0.1, -0.05) is 49.6 Å². The van der Waals surface area contributed by atoms with Crippen molar-refractivity contribution in [3.05, 3.63) is 60.4 Å². The van der Waals surface area contributed by atoms with Crippen LogP contribution in [0.2, 0.25) is 0 Å². The first-order chi connectivity index (χ1) is 16.9. The molecular formula is C27H29N3O5. The monoisotopic (exact) mass is 475 g/mol. The molecule has 8 nitrogen and oxygen atoms in total. The Morgan fingerprint density at radius 1 is 1.03 bits per heavy atom. The van der Waals surface area contributed by atoms with Crippen LogP contribution < -0.4 is 15.5 Å². The molecule has 1 aromatic heterocycles. The fraction of sp³-hybridized carbons (Fsp3) is 0.370. The number of phenols is 1. The second-order valence-electron chi connectivity index (χ2n) is 9.44. The molecule has 1 unspecified atom stereocenters. The van der Waals surface area contributed by atoms with Crippen molar-refractivity contribution in [2.24, 2.45) is 0 Å². The van der Waals surface area contributed by atoms with Gasteiger partial charge in [-0.25, -0.2) is 0 Å². The number of carbonyl (C=O) groups excluding carboxylic acids is 3. The Balaban J connectivity index is 1.29. The molecule has 0 radical (unpaired) electrons. The van der Waals surface area contributed by atoms with Gasteiger partial charge in [-0.2, -0.15) is 0 Å². The van der Waals surface area contributed by atoms with Crippen molar-refractivity contribution in [1.82, 2.24) is 10.6 Å². The third kappa shape index (κ3) is 4.60. The van der Waals surface area contributed by atoms with Gasteiger partial charge < -0.3 is 25.1 Å². The van der Waals surface area contributed by atoms with Crippen LogP contribution in [-0.2, 0) is 9.59 Å². The number of Topliss-reactive ketones (excluding diaryl/α,β-unsaturated/α-hetero) is 1. The Bertz CT molecular complexity index is 1230. The summed E-state index contributed by atoms with van der Waals surface area (Å²) in [4.78, 5) is 41.3. The van der Waals surface area contributed by atoms with Crippen molar-refractivity contribution in [2.45, 2.75) is 50.1 Å². The Morgan fingerprint density at radius 3 is 2.51 bits per heavy atom. The third-order valence-electron chi connectivity index (χ3n) is 7.09. The van der Waals surface area contributed by atoms with Gasteiger partial charge in [0, 0.05) is 11.9 Å². The zero-order valence-corrected chi connectivity index (χ0v) is 19.5. The van der Waals surface area contributed by atoms with E-state index < -0.39 is 17.5 Å². The molecule has 35 heavy (non-hydrogen) atoms. The Kier molecular flexibility index (Phi) is 6.19. The number of piperidine rings is 1. The molecule has 1 aliphatic carbocycles. The molecule has 2 amide bonds. The summed E-state index contributed by atoms with van der Waals surface area (Å²) in [5.41, 5.74) is 0.137. The molecule has 2 aromatic carbocycles. The fourth-order valence-electron chi connectivity index (χ4n) is 5.15. The molecule has 2 heterocycles. The number of para-hydroxylation sites is 3. The Hall–Kier alpha value is -3.81. The maximum absolute atomic E-state index is 13.5. The Morgan fingerprint density at radius 2 is 1.77 bits per heavy atom. The van der Waals surface area contributed by atoms with Gasteiger partial charge in [0.05, 0.1) is 18.3 Å². The molecule has 1 atom stereocenters. The van der Waals surface area contributed by atoms with E-state index in [1.54, 1.807) is 30.3 Å². The van der Waals surface area contributed by atoms with Crippen molar-refractivity contribution in [3.63, 3.8) is 0 Å². The first-order valence-corrected chi connectivity index (χ1v) is 12.1. The van der Waals surface area contributed by atoms with Crippen LogP contribution in [0.1, 0.15) is 49.1 Å². The standard InChI is InChI=1S/C27H29N3O5/c31-21-10-4-3-9-20(21)30-15-12-19(22(32)17-30)28-26(34)27(13-6-1-7-14-27)29-25(33)24-16-18-8-2-5-11-23(18)35-24/h2-5,8-11,16,19,31H,1,6-7,12-15,17H2,(H,28,34)(H,29,33). The number of carbonyl (C=O) groups is 3. The summed E-state index contributed by atoms with van der Waals surface area (Å²) in [7, 11) is 0. The summed E-state index contributed by atoms with van der Waals surface area (Å²) < 4.78 is 5.70. The predicted molar refractivity (Wildman–Crippen MR) is 131 cm³/mol. The quantitative estimate of drug-likeness (QED) is 0.521. The zero-order valence-electron chi connectivity index (χ0n) is 19.5. The first-order valence-electron chi connectivity index (χ1n) is 12.1. The van der Waals surface area contributed by atoms with Crippen molar-refractivity contribution < 1.29 is 23.9 Å². The number of ketones is 1. The summed E-state index contributed by atoms with van der Waals surface area (Å²) in [6.07, 6.45) is 4.06. The molecule has 0 bridgehead atoms. The molecule has 8 heteroatoms. The molecule has 2 fully saturated rings. The van der Waals surface area contributed by atoms with E-state index in [2.05, 4.69) is 10.6 Å². The highest BCUT2D eigenvalue weighted by atomic mass is 16.3. The van der Waals surface area contributed by atoms with E-state index in [1.165, 1.54) is 0 Å². The summed E-state index contributed by atoms with van der Waals surface area (Å²) in [6, 6.07) is 15.3. The maximum Gasteiger partial charge on any atom is 0.287 e. The van der Waals surface area contributed by atoms with Crippen LogP contribution in [-0.4, -0.2) is 47.4 Å². The van der Waals surface area contributed by atoms with Crippen LogP contribution in [0.5, 0.6) is 5.75 Å². The van der Waals surface area contributed by atoms with Gasteiger partial charge in [0.2, 0.25) is 5.91 Å². The molecule has 3 aromatic rings. The first kappa shape index (κ1) is 23.0. The average Bonchev–Trinajstić information content (AvgIpc) is 3.31. The molecule has 1 aliphatic heterocycles. The number of rotatable bonds is 5. The van der Waals surface area contributed by atoms with Crippen molar-refractivity contribution >= 4 is 34.3 Å². The number of benzene rings is 2. The number of hydrogen-bond donors (Lipinski definition) is 3. The van der Waals surface area contributed by atoms with Crippen molar-refractivity contribution in [1.29, 1.82) is 0 Å². The van der Waals surface area contributed by atoms with Gasteiger partial charge in [-0.3, -0.25) is 14.4 Å². The largest absolute Gasteiger partial charge is 0.506 e. The fourth-order valence-corrected chi connectivity index (χ4v) is 5.15. The molecule has 1 saturated heterocycles. The smallest absolute Gasteiger partial charge is 0.287 e. The van der Waals surface area contributed by atoms with Crippen LogP contribution in [0, 0.1) is 0 Å². The van der Waals surface area contributed by atoms with E-state index in [0.717, 1.165) is 24.6 Å². The average molecular weight is 476 g/mol. The topological polar surface area (TPSA) is 112 Å². The highest BCUT2D eigenvalue weighted by Gasteiger charge is 2.43. The normalized spacial score (nSPS) is 19.9. The summed E-state index contributed by atoms with van der Waals surface area (Å²) in [5, 5.41) is 16.8. The summed E-state index contributed by atoms with van der Waals surface area (Å²) >= 11 is 0. The number of furan rings is 1. The van der Waals surface area contributed by atoms with E-state index in [1.807, 2.05) is 29.2 Å². The maximum atomic E-state index is 13.5. The lowest BCUT2D eigenvalue weighted by molar-refractivity contribution is -0.133. The highest BCUT2D eigenvalue weighted by Crippen LogP contribution is 2.31. The zero-order chi connectivity index (χ0) is 24.4. The molecule has 3 N–H and O–H groups in total. The van der Waals surface area contributed by atoms with E-state index in [-0.39, 0.29) is 29.7 Å². The minimum Gasteiger partial charge on any atom is -0.506 e. The van der Waals surface area contributed by atoms with E-state index in [4.69, 9.17) is 4.42 Å². The number of anilines is 1. The van der Waals surface area contributed by atoms with Crippen LogP contribution in [0.4, 0.5) is 5.69 Å². The molecule has 1 saturated carbocycles. The number of fused-ring (bicyclic) bond motifs is 1. The van der Waals surface area contributed by atoms with Crippen LogP contribution in [0.15, 0.2) is 59.0 Å². The number of amides is 2. The van der Waals surface area contributed by atoms with Gasteiger partial charge in [0.1, 0.15) is 16.9 Å². The van der Waals surface area contributed by atoms with Crippen molar-refractivity contribution in [2.75, 3.05) is 18.0 Å². The van der Waals surface area contributed by atoms with E-state index in [9.17, 15) is 19.5 Å². The SMILES string of the molecule is O=C(NC1(C(=O)NC2CCN(c3ccccc3O)CC2=O)CCCCC1)c1cc2ccccc2o1. The highest BCUT2D eigenvalue weighted by molar-refractivity contribution is 6.01. The number of nitrogens with zero attached hydrogens (tertiary/aromatic N) is 1. The summed E-state index contributed by atoms with van der Waals surface area (Å²) in [5.74, 6) is -0.592. The second-order valence-corrected chi connectivity index (χ2v) is 9.44. The van der Waals surface area contributed by atoms with Gasteiger partial charge in [0.15, 0.2) is 11.5 Å². The van der Waals surface area contributed by atoms with Gasteiger partial charge in [-0.15, -0.1) is 0 Å². The Labute approximate surface area is 203 Å². The van der Waals surface area contributed by atoms with Crippen LogP contribution in [0.25, 0.3) is 11.0 Å². The number of nitrogens with one attached hydrogen (secondary N) is 2. The second kappa shape index (κ2) is 9.44. The molecular weight excluding hydrogens is 446 g/mol. The molecule has 2 aliphatic rings. The summed E-state index contributed by atoms with van der Waals surface area (Å²) in [6.45, 7) is 0.619. The van der Waals surface area contributed by atoms with Crippen LogP contribution >= 0.6 is 0 Å². The van der Waals surface area contributed by atoms with Gasteiger partial charge in [0.25, 0.3) is 5.91 Å². The minimum atomic E-state index is -1.08. The van der Waals surface area contributed by atoms with E-state index in [0.29, 0.717) is 37.1 Å². The lowest BCUT2D eigenvalue weighted by Gasteiger charge is -2.39. The number of phenolic OH excluding ortho intramolecular Hbond substituents is 1. The minimum absolute atomic E-state index is 0.0981. The van der Waals surface area contributed by atoms with E-state index >= 15 is 0 Å². The van der Waals surface area contributed by atoms with Crippen molar-refractivity contribution in [3.8, 4) is 5.75 Å². The predicted octanol–water partition coefficient (Wildman–Crippen LogP) is 3.54. The molecule has 182 valence electrons. The van der Waals surface area contributed by atoms with Gasteiger partial charge >= 0.3 is 0 Å². The molecule has 0 spiro atoms. The third-order valence-corrected chi connectivity index (χ3v) is 7.09. The lowest BCUT2D eigenvalue weighted by Crippen LogP contribution is -2.63. The number of hydrogen-bond acceptors (Lipinski definition) is 6. The van der Waals surface area contributed by atoms with Crippen LogP contribution in [0.3, 0.4) is 0 Å². The number of aromatic hydroxyl groups is 1. The van der Waals surface area contributed by atoms with Gasteiger partial charge in [-0.05, 0) is 43.5 Å².